The van der Waals surface area contributed by atoms with Gasteiger partial charge in [-0.3, -0.25) is 4.79 Å². The van der Waals surface area contributed by atoms with Crippen LogP contribution in [0.15, 0.2) is 47.5 Å². The van der Waals surface area contributed by atoms with Gasteiger partial charge in [-0.15, -0.1) is 0 Å². The van der Waals surface area contributed by atoms with Crippen molar-refractivity contribution in [1.29, 1.82) is 0 Å². The lowest BCUT2D eigenvalue weighted by Gasteiger charge is -2.37. The Morgan fingerprint density at radius 1 is 1.19 bits per heavy atom. The second-order valence-corrected chi connectivity index (χ2v) is 9.88. The molecule has 11 nitrogen and oxygen atoms in total. The zero-order valence-corrected chi connectivity index (χ0v) is 20.0. The second kappa shape index (κ2) is 9.33. The van der Waals surface area contributed by atoms with Crippen molar-refractivity contribution in [2.45, 2.75) is 17.9 Å². The van der Waals surface area contributed by atoms with Crippen LogP contribution < -0.4 is 20.5 Å². The molecule has 5 rings (SSSR count). The van der Waals surface area contributed by atoms with Crippen LogP contribution in [0.2, 0.25) is 0 Å². The van der Waals surface area contributed by atoms with E-state index in [2.05, 4.69) is 20.6 Å². The quantitative estimate of drug-likeness (QED) is 0.451. The van der Waals surface area contributed by atoms with Gasteiger partial charge in [-0.05, 0) is 36.8 Å². The molecule has 0 radical (unpaired) electrons. The van der Waals surface area contributed by atoms with Gasteiger partial charge < -0.3 is 25.0 Å². The first-order valence-corrected chi connectivity index (χ1v) is 12.6. The minimum absolute atomic E-state index is 0.0219. The first-order valence-electron chi connectivity index (χ1n) is 11.1. The standard InChI is InChI=1S/C23H23FN6O5S/c1-13-5-6-17(18-19(13)35-20(18)22(31)30-7-9-34-10-8-30)28-21-16(24)12-26-23(29-21)27-14-3-2-4-15(11-14)36(25,32)33/h2-6,11-12,20H,7-10H2,1H3,(H2,25,32,33)(H2,26,27,28,29). The molecule has 0 saturated carbocycles. The average Bonchev–Trinajstić information content (AvgIpc) is 2.83. The number of primary sulfonamides is 1. The fourth-order valence-electron chi connectivity index (χ4n) is 4.00. The summed E-state index contributed by atoms with van der Waals surface area (Å²) >= 11 is 0. The molecule has 0 spiro atoms. The number of benzene rings is 2. The van der Waals surface area contributed by atoms with Gasteiger partial charge >= 0.3 is 0 Å². The van der Waals surface area contributed by atoms with Crippen LogP contribution in [-0.4, -0.2) is 55.5 Å². The Hall–Kier alpha value is -3.81. The summed E-state index contributed by atoms with van der Waals surface area (Å²) in [5.74, 6) is -0.442. The highest BCUT2D eigenvalue weighted by Gasteiger charge is 2.41. The Labute approximate surface area is 206 Å². The monoisotopic (exact) mass is 514 g/mol. The van der Waals surface area contributed by atoms with Crippen molar-refractivity contribution in [3.05, 3.63) is 59.5 Å². The Balaban J connectivity index is 1.40. The predicted octanol–water partition coefficient (Wildman–Crippen LogP) is 2.35. The van der Waals surface area contributed by atoms with Gasteiger partial charge in [0.2, 0.25) is 22.1 Å². The number of sulfonamides is 1. The van der Waals surface area contributed by atoms with Crippen LogP contribution >= 0.6 is 0 Å². The Kier molecular flexibility index (Phi) is 6.20. The van der Waals surface area contributed by atoms with E-state index in [-0.39, 0.29) is 22.6 Å². The maximum absolute atomic E-state index is 14.7. The van der Waals surface area contributed by atoms with Crippen molar-refractivity contribution in [3.8, 4) is 5.75 Å². The molecule has 0 aliphatic carbocycles. The molecule has 1 fully saturated rings. The summed E-state index contributed by atoms with van der Waals surface area (Å²) in [7, 11) is -3.90. The number of morpholine rings is 1. The zero-order chi connectivity index (χ0) is 25.4. The number of aromatic nitrogens is 2. The highest BCUT2D eigenvalue weighted by atomic mass is 32.2. The van der Waals surface area contributed by atoms with E-state index in [1.54, 1.807) is 23.1 Å². The van der Waals surface area contributed by atoms with Crippen molar-refractivity contribution in [3.63, 3.8) is 0 Å². The first-order chi connectivity index (χ1) is 17.2. The van der Waals surface area contributed by atoms with Crippen molar-refractivity contribution < 1.29 is 27.1 Å². The molecule has 2 aromatic carbocycles. The van der Waals surface area contributed by atoms with Gasteiger partial charge in [0.1, 0.15) is 5.75 Å². The van der Waals surface area contributed by atoms with Crippen LogP contribution in [-0.2, 0) is 19.6 Å². The number of amides is 1. The first kappa shape index (κ1) is 23.9. The molecule has 2 aliphatic rings. The number of halogens is 1. The molecule has 1 aromatic heterocycles. The van der Waals surface area contributed by atoms with E-state index in [0.29, 0.717) is 49.0 Å². The number of nitrogens with two attached hydrogens (primary N) is 1. The number of carbonyl (C=O) groups excluding carboxylic acids is 1. The van der Waals surface area contributed by atoms with E-state index >= 15 is 0 Å². The molecule has 188 valence electrons. The summed E-state index contributed by atoms with van der Waals surface area (Å²) in [6.45, 7) is 3.75. The van der Waals surface area contributed by atoms with Crippen molar-refractivity contribution in [2.24, 2.45) is 5.14 Å². The summed E-state index contributed by atoms with van der Waals surface area (Å²) in [5, 5.41) is 11.0. The molecule has 1 unspecified atom stereocenters. The number of nitrogens with zero attached hydrogens (tertiary/aromatic N) is 3. The van der Waals surface area contributed by atoms with Crippen molar-refractivity contribution >= 4 is 39.1 Å². The van der Waals surface area contributed by atoms with E-state index in [1.807, 2.05) is 6.92 Å². The zero-order valence-electron chi connectivity index (χ0n) is 19.2. The second-order valence-electron chi connectivity index (χ2n) is 8.32. The van der Waals surface area contributed by atoms with Crippen molar-refractivity contribution in [2.75, 3.05) is 36.9 Å². The topological polar surface area (TPSA) is 149 Å². The summed E-state index contributed by atoms with van der Waals surface area (Å²) in [6.07, 6.45) is 0.165. The van der Waals surface area contributed by atoms with E-state index < -0.39 is 21.9 Å². The van der Waals surface area contributed by atoms with Gasteiger partial charge in [-0.2, -0.15) is 4.98 Å². The molecule has 1 amide bonds. The molecular weight excluding hydrogens is 491 g/mol. The summed E-state index contributed by atoms with van der Waals surface area (Å²) in [6, 6.07) is 9.30. The number of aryl methyl sites for hydroxylation is 1. The highest BCUT2D eigenvalue weighted by Crippen LogP contribution is 2.47. The summed E-state index contributed by atoms with van der Waals surface area (Å²) < 4.78 is 49.0. The van der Waals surface area contributed by atoms with Gasteiger partial charge in [0.05, 0.1) is 35.6 Å². The van der Waals surface area contributed by atoms with Crippen LogP contribution in [0.5, 0.6) is 5.75 Å². The number of rotatable bonds is 6. The third-order valence-electron chi connectivity index (χ3n) is 5.85. The molecular formula is C23H23FN6O5S. The summed E-state index contributed by atoms with van der Waals surface area (Å²) in [4.78, 5) is 22.7. The number of fused-ring (bicyclic) bond motifs is 1. The Morgan fingerprint density at radius 2 is 1.97 bits per heavy atom. The molecule has 2 aliphatic heterocycles. The van der Waals surface area contributed by atoms with E-state index in [4.69, 9.17) is 14.6 Å². The number of anilines is 4. The smallest absolute Gasteiger partial charge is 0.268 e. The van der Waals surface area contributed by atoms with Crippen LogP contribution in [0, 0.1) is 12.7 Å². The molecule has 1 saturated heterocycles. The lowest BCUT2D eigenvalue weighted by molar-refractivity contribution is -0.145. The Bertz CT molecular complexity index is 1440. The maximum Gasteiger partial charge on any atom is 0.268 e. The third-order valence-corrected chi connectivity index (χ3v) is 6.76. The Morgan fingerprint density at radius 3 is 2.72 bits per heavy atom. The fourth-order valence-corrected chi connectivity index (χ4v) is 4.56. The molecule has 4 N–H and O–H groups in total. The lowest BCUT2D eigenvalue weighted by atomic mass is 9.95. The fraction of sp³-hybridized carbons (Fsp3) is 0.261. The van der Waals surface area contributed by atoms with Gasteiger partial charge in [0.25, 0.3) is 5.91 Å². The number of hydrogen-bond donors (Lipinski definition) is 3. The van der Waals surface area contributed by atoms with Crippen LogP contribution in [0.4, 0.5) is 27.5 Å². The largest absolute Gasteiger partial charge is 0.475 e. The summed E-state index contributed by atoms with van der Waals surface area (Å²) in [5.41, 5.74) is 2.30. The van der Waals surface area contributed by atoms with Crippen LogP contribution in [0.1, 0.15) is 17.2 Å². The minimum Gasteiger partial charge on any atom is -0.475 e. The van der Waals surface area contributed by atoms with Crippen LogP contribution in [0.25, 0.3) is 0 Å². The number of nitrogens with one attached hydrogen (secondary N) is 2. The normalized spacial score (nSPS) is 17.0. The lowest BCUT2D eigenvalue weighted by Crippen LogP contribution is -2.46. The van der Waals surface area contributed by atoms with Gasteiger partial charge in [-0.1, -0.05) is 12.1 Å². The van der Waals surface area contributed by atoms with E-state index in [1.165, 1.54) is 18.2 Å². The number of ether oxygens (including phenoxy) is 2. The van der Waals surface area contributed by atoms with Crippen molar-refractivity contribution in [1.82, 2.24) is 14.9 Å². The van der Waals surface area contributed by atoms with Crippen LogP contribution in [0.3, 0.4) is 0 Å². The molecule has 1 atom stereocenters. The average molecular weight is 515 g/mol. The van der Waals surface area contributed by atoms with Gasteiger partial charge in [-0.25, -0.2) is 22.9 Å². The molecule has 3 heterocycles. The SMILES string of the molecule is Cc1ccc(Nc2nc(Nc3cccc(S(N)(=O)=O)c3)ncc2F)c2c1OC2C(=O)N1CCOCC1. The molecule has 13 heteroatoms. The third kappa shape index (κ3) is 4.67. The minimum atomic E-state index is -3.90. The molecule has 3 aromatic rings. The molecule has 0 bridgehead atoms. The van der Waals surface area contributed by atoms with Gasteiger partial charge in [0.15, 0.2) is 11.6 Å². The van der Waals surface area contributed by atoms with Gasteiger partial charge in [0, 0.05) is 18.8 Å². The maximum atomic E-state index is 14.7. The van der Waals surface area contributed by atoms with E-state index in [9.17, 15) is 17.6 Å². The number of hydrogen-bond acceptors (Lipinski definition) is 9. The van der Waals surface area contributed by atoms with E-state index in [0.717, 1.165) is 11.8 Å². The number of carbonyl (C=O) groups is 1. The predicted molar refractivity (Wildman–Crippen MR) is 128 cm³/mol. The highest BCUT2D eigenvalue weighted by molar-refractivity contribution is 7.89. The molecule has 36 heavy (non-hydrogen) atoms.